The third kappa shape index (κ3) is 3.81. The van der Waals surface area contributed by atoms with Crippen molar-refractivity contribution in [2.75, 3.05) is 0 Å². The fourth-order valence-corrected chi connectivity index (χ4v) is 4.12. The van der Waals surface area contributed by atoms with Gasteiger partial charge in [0.25, 0.3) is 0 Å². The highest BCUT2D eigenvalue weighted by Crippen LogP contribution is 2.46. The SMILES string of the molecule is O=C1C[C@H](c2cccc(OC(F)F)c2)c2c(cc(O)c3c(=O)cc(-c4ccc(O)cc4)oc23)O1. The first-order chi connectivity index (χ1) is 16.3. The molecule has 3 aromatic carbocycles. The van der Waals surface area contributed by atoms with Crippen LogP contribution >= 0.6 is 0 Å². The van der Waals surface area contributed by atoms with Gasteiger partial charge in [-0.2, -0.15) is 8.78 Å². The molecule has 2 heterocycles. The predicted molar refractivity (Wildman–Crippen MR) is 116 cm³/mol. The Hall–Kier alpha value is -4.40. The zero-order chi connectivity index (χ0) is 24.0. The van der Waals surface area contributed by atoms with Gasteiger partial charge in [0.1, 0.15) is 39.7 Å². The van der Waals surface area contributed by atoms with Gasteiger partial charge >= 0.3 is 12.6 Å². The lowest BCUT2D eigenvalue weighted by atomic mass is 9.85. The summed E-state index contributed by atoms with van der Waals surface area (Å²) in [6.07, 6.45) is -0.155. The maximum atomic E-state index is 12.9. The summed E-state index contributed by atoms with van der Waals surface area (Å²) in [6.45, 7) is -3.03. The molecule has 0 fully saturated rings. The summed E-state index contributed by atoms with van der Waals surface area (Å²) in [5, 5.41) is 20.0. The van der Waals surface area contributed by atoms with Crippen LogP contribution in [0.1, 0.15) is 23.5 Å². The fourth-order valence-electron chi connectivity index (χ4n) is 4.12. The second kappa shape index (κ2) is 8.18. The van der Waals surface area contributed by atoms with Crippen molar-refractivity contribution in [2.24, 2.45) is 0 Å². The third-order valence-electron chi connectivity index (χ3n) is 5.56. The average molecular weight is 466 g/mol. The molecule has 0 saturated heterocycles. The number of benzene rings is 3. The predicted octanol–water partition coefficient (Wildman–Crippen LogP) is 4.91. The van der Waals surface area contributed by atoms with E-state index in [0.717, 1.165) is 0 Å². The Morgan fingerprint density at radius 3 is 2.50 bits per heavy atom. The van der Waals surface area contributed by atoms with E-state index in [0.29, 0.717) is 16.7 Å². The molecule has 0 bridgehead atoms. The molecular weight excluding hydrogens is 450 g/mol. The quantitative estimate of drug-likeness (QED) is 0.325. The Morgan fingerprint density at radius 1 is 1.00 bits per heavy atom. The second-order valence-electron chi connectivity index (χ2n) is 7.72. The molecule has 0 unspecified atom stereocenters. The Kier molecular flexibility index (Phi) is 5.16. The molecule has 4 aromatic rings. The Balaban J connectivity index is 1.76. The monoisotopic (exact) mass is 466 g/mol. The summed E-state index contributed by atoms with van der Waals surface area (Å²) in [7, 11) is 0. The molecule has 7 nitrogen and oxygen atoms in total. The van der Waals surface area contributed by atoms with Crippen LogP contribution in [0, 0.1) is 0 Å². The molecule has 0 radical (unpaired) electrons. The topological polar surface area (TPSA) is 106 Å². The lowest BCUT2D eigenvalue weighted by Crippen LogP contribution is -2.22. The van der Waals surface area contributed by atoms with Crippen molar-refractivity contribution in [3.8, 4) is 34.3 Å². The zero-order valence-corrected chi connectivity index (χ0v) is 17.3. The van der Waals surface area contributed by atoms with E-state index in [4.69, 9.17) is 9.15 Å². The normalized spacial score (nSPS) is 15.3. The second-order valence-corrected chi connectivity index (χ2v) is 7.72. The highest BCUT2D eigenvalue weighted by atomic mass is 19.3. The summed E-state index contributed by atoms with van der Waals surface area (Å²) in [5.41, 5.74) is 0.740. The summed E-state index contributed by atoms with van der Waals surface area (Å²) in [6, 6.07) is 14.2. The molecule has 0 amide bonds. The number of alkyl halides is 2. The standard InChI is InChI=1S/C25H16F2O7/c26-25(27)32-15-3-1-2-13(8-15)16-9-21(31)33-20-11-18(30)23-17(29)10-19(34-24(23)22(16)20)12-4-6-14(28)7-5-12/h1-8,10-11,16,25,28,30H,9H2/t16-/m1/s1. The molecule has 1 atom stereocenters. The van der Waals surface area contributed by atoms with Gasteiger partial charge in [-0.05, 0) is 42.0 Å². The number of carbonyl (C=O) groups excluding carboxylic acids is 1. The number of fused-ring (bicyclic) bond motifs is 3. The summed E-state index contributed by atoms with van der Waals surface area (Å²) < 4.78 is 41.3. The maximum Gasteiger partial charge on any atom is 0.387 e. The van der Waals surface area contributed by atoms with Gasteiger partial charge in [-0.3, -0.25) is 9.59 Å². The minimum Gasteiger partial charge on any atom is -0.508 e. The third-order valence-corrected chi connectivity index (χ3v) is 5.56. The molecule has 1 aromatic heterocycles. The highest BCUT2D eigenvalue weighted by Gasteiger charge is 2.34. The first kappa shape index (κ1) is 21.4. The molecule has 5 rings (SSSR count). The average Bonchev–Trinajstić information content (AvgIpc) is 2.78. The van der Waals surface area contributed by atoms with Crippen LogP contribution in [-0.4, -0.2) is 22.8 Å². The van der Waals surface area contributed by atoms with Crippen molar-refractivity contribution < 1.29 is 37.7 Å². The smallest absolute Gasteiger partial charge is 0.387 e. The van der Waals surface area contributed by atoms with E-state index in [1.165, 1.54) is 42.5 Å². The van der Waals surface area contributed by atoms with Gasteiger partial charge in [-0.15, -0.1) is 0 Å². The van der Waals surface area contributed by atoms with Crippen molar-refractivity contribution in [1.82, 2.24) is 0 Å². The lowest BCUT2D eigenvalue weighted by Gasteiger charge is -2.26. The molecular formula is C25H16F2O7. The Labute approximate surface area is 190 Å². The van der Waals surface area contributed by atoms with Crippen molar-refractivity contribution in [3.05, 3.63) is 82.0 Å². The molecule has 1 aliphatic heterocycles. The largest absolute Gasteiger partial charge is 0.508 e. The molecule has 0 aliphatic carbocycles. The molecule has 2 N–H and O–H groups in total. The van der Waals surface area contributed by atoms with E-state index in [1.807, 2.05) is 0 Å². The van der Waals surface area contributed by atoms with E-state index < -0.39 is 29.7 Å². The zero-order valence-electron chi connectivity index (χ0n) is 17.3. The minimum atomic E-state index is -3.03. The van der Waals surface area contributed by atoms with Crippen LogP contribution in [0.15, 0.2) is 69.9 Å². The van der Waals surface area contributed by atoms with Crippen LogP contribution in [0.2, 0.25) is 0 Å². The number of ether oxygens (including phenoxy) is 2. The van der Waals surface area contributed by atoms with Crippen LogP contribution in [0.5, 0.6) is 23.0 Å². The summed E-state index contributed by atoms with van der Waals surface area (Å²) in [4.78, 5) is 25.3. The number of esters is 1. The lowest BCUT2D eigenvalue weighted by molar-refractivity contribution is -0.135. The molecule has 1 aliphatic rings. The van der Waals surface area contributed by atoms with Crippen molar-refractivity contribution in [1.29, 1.82) is 0 Å². The van der Waals surface area contributed by atoms with Gasteiger partial charge in [-0.25, -0.2) is 0 Å². The van der Waals surface area contributed by atoms with Crippen LogP contribution in [0.3, 0.4) is 0 Å². The summed E-state index contributed by atoms with van der Waals surface area (Å²) >= 11 is 0. The molecule has 0 saturated carbocycles. The number of hydrogen-bond donors (Lipinski definition) is 2. The molecule has 0 spiro atoms. The van der Waals surface area contributed by atoms with E-state index in [-0.39, 0.29) is 40.4 Å². The number of aromatic hydroxyl groups is 2. The van der Waals surface area contributed by atoms with E-state index >= 15 is 0 Å². The number of hydrogen-bond acceptors (Lipinski definition) is 7. The Morgan fingerprint density at radius 2 is 1.76 bits per heavy atom. The number of phenolic OH excluding ortho intramolecular Hbond substituents is 2. The van der Waals surface area contributed by atoms with Crippen molar-refractivity contribution >= 4 is 16.9 Å². The molecule has 9 heteroatoms. The summed E-state index contributed by atoms with van der Waals surface area (Å²) in [5.74, 6) is -1.66. The van der Waals surface area contributed by atoms with Gasteiger partial charge < -0.3 is 24.1 Å². The molecule has 34 heavy (non-hydrogen) atoms. The minimum absolute atomic E-state index is 0.00237. The number of rotatable bonds is 4. The number of phenols is 2. The number of halogens is 2. The van der Waals surface area contributed by atoms with Gasteiger partial charge in [-0.1, -0.05) is 12.1 Å². The van der Waals surface area contributed by atoms with Crippen LogP contribution in [0.4, 0.5) is 8.78 Å². The first-order valence-corrected chi connectivity index (χ1v) is 10.2. The van der Waals surface area contributed by atoms with Gasteiger partial charge in [0.2, 0.25) is 0 Å². The van der Waals surface area contributed by atoms with Crippen LogP contribution in [0.25, 0.3) is 22.3 Å². The van der Waals surface area contributed by atoms with E-state index in [1.54, 1.807) is 18.2 Å². The van der Waals surface area contributed by atoms with Crippen molar-refractivity contribution in [2.45, 2.75) is 19.0 Å². The van der Waals surface area contributed by atoms with Gasteiger partial charge in [0, 0.05) is 29.2 Å². The van der Waals surface area contributed by atoms with E-state index in [9.17, 15) is 28.6 Å². The maximum absolute atomic E-state index is 12.9. The van der Waals surface area contributed by atoms with Crippen molar-refractivity contribution in [3.63, 3.8) is 0 Å². The van der Waals surface area contributed by atoms with Gasteiger partial charge in [0.05, 0.1) is 6.42 Å². The van der Waals surface area contributed by atoms with Crippen LogP contribution in [-0.2, 0) is 4.79 Å². The first-order valence-electron chi connectivity index (χ1n) is 10.2. The Bertz CT molecular complexity index is 1480. The fraction of sp³-hybridized carbons (Fsp3) is 0.120. The molecule has 172 valence electrons. The highest BCUT2D eigenvalue weighted by molar-refractivity contribution is 5.93. The van der Waals surface area contributed by atoms with E-state index in [2.05, 4.69) is 4.74 Å². The van der Waals surface area contributed by atoms with Crippen LogP contribution < -0.4 is 14.9 Å². The number of carbonyl (C=O) groups is 1. The van der Waals surface area contributed by atoms with Gasteiger partial charge in [0.15, 0.2) is 5.43 Å².